The lowest BCUT2D eigenvalue weighted by Gasteiger charge is -2.20. The smallest absolute Gasteiger partial charge is 0.253 e. The number of amides is 1. The predicted molar refractivity (Wildman–Crippen MR) is 86.6 cm³/mol. The number of benzene rings is 2. The molecule has 116 valence electrons. The first kappa shape index (κ1) is 16.0. The lowest BCUT2D eigenvalue weighted by atomic mass is 9.95. The van der Waals surface area contributed by atoms with Gasteiger partial charge in [0.1, 0.15) is 5.75 Å². The van der Waals surface area contributed by atoms with Crippen LogP contribution in [0.5, 0.6) is 5.75 Å². The Bertz CT molecular complexity index is 640. The Hall–Kier alpha value is -2.33. The van der Waals surface area contributed by atoms with Crippen LogP contribution in [-0.4, -0.2) is 32.2 Å². The van der Waals surface area contributed by atoms with E-state index >= 15 is 0 Å². The largest absolute Gasteiger partial charge is 0.497 e. The molecule has 2 rings (SSSR count). The van der Waals surface area contributed by atoms with Gasteiger partial charge in [-0.25, -0.2) is 5.06 Å². The van der Waals surface area contributed by atoms with Crippen molar-refractivity contribution in [3.05, 3.63) is 54.1 Å². The number of likely N-dealkylation sites (N-methyl/N-ethyl adjacent to an activating group) is 1. The van der Waals surface area contributed by atoms with Crippen LogP contribution in [0.4, 0.5) is 0 Å². The molecule has 0 N–H and O–H groups in total. The number of nitrogens with zero attached hydrogens (tertiary/aromatic N) is 1. The molecule has 0 saturated carbocycles. The summed E-state index contributed by atoms with van der Waals surface area (Å²) in [5.74, 6) is 0.313. The summed E-state index contributed by atoms with van der Waals surface area (Å²) >= 11 is 0. The van der Waals surface area contributed by atoms with Gasteiger partial charge in [-0.2, -0.15) is 0 Å². The third-order valence-corrected chi connectivity index (χ3v) is 3.73. The van der Waals surface area contributed by atoms with E-state index < -0.39 is 0 Å². The first-order valence-corrected chi connectivity index (χ1v) is 7.13. The zero-order chi connectivity index (χ0) is 16.1. The van der Waals surface area contributed by atoms with Crippen molar-refractivity contribution in [2.75, 3.05) is 21.3 Å². The quantitative estimate of drug-likeness (QED) is 0.793. The molecule has 1 amide bonds. The van der Waals surface area contributed by atoms with Gasteiger partial charge in [-0.3, -0.25) is 9.63 Å². The lowest BCUT2D eigenvalue weighted by molar-refractivity contribution is -0.170. The van der Waals surface area contributed by atoms with Gasteiger partial charge in [0.05, 0.1) is 20.1 Å². The molecule has 0 aliphatic heterocycles. The fourth-order valence-corrected chi connectivity index (χ4v) is 2.29. The minimum absolute atomic E-state index is 0.102. The van der Waals surface area contributed by atoms with Gasteiger partial charge in [0.25, 0.3) is 5.91 Å². The molecule has 1 unspecified atom stereocenters. The van der Waals surface area contributed by atoms with Gasteiger partial charge in [0.15, 0.2) is 0 Å². The molecule has 4 heteroatoms. The van der Waals surface area contributed by atoms with E-state index in [0.29, 0.717) is 0 Å². The molecule has 1 atom stereocenters. The van der Waals surface area contributed by atoms with E-state index in [-0.39, 0.29) is 11.8 Å². The highest BCUT2D eigenvalue weighted by Gasteiger charge is 2.20. The van der Waals surface area contributed by atoms with Gasteiger partial charge < -0.3 is 4.74 Å². The predicted octanol–water partition coefficient (Wildman–Crippen LogP) is 3.49. The second-order valence-corrected chi connectivity index (χ2v) is 5.10. The van der Waals surface area contributed by atoms with Crippen molar-refractivity contribution < 1.29 is 14.4 Å². The molecule has 0 aromatic heterocycles. The van der Waals surface area contributed by atoms with Gasteiger partial charge in [0.2, 0.25) is 0 Å². The topological polar surface area (TPSA) is 38.8 Å². The molecule has 0 aliphatic rings. The molecule has 0 aliphatic carbocycles. The average Bonchev–Trinajstić information content (AvgIpc) is 2.59. The van der Waals surface area contributed by atoms with Crippen LogP contribution in [0.25, 0.3) is 11.1 Å². The second-order valence-electron chi connectivity index (χ2n) is 5.10. The maximum absolute atomic E-state index is 12.3. The highest BCUT2D eigenvalue weighted by molar-refractivity contribution is 5.83. The molecule has 2 aromatic carbocycles. The summed E-state index contributed by atoms with van der Waals surface area (Å²) < 4.78 is 5.38. The maximum atomic E-state index is 12.3. The number of ether oxygens (including phenoxy) is 1. The third kappa shape index (κ3) is 3.46. The molecule has 0 fully saturated rings. The minimum Gasteiger partial charge on any atom is -0.497 e. The number of carbonyl (C=O) groups is 1. The van der Waals surface area contributed by atoms with Crippen LogP contribution < -0.4 is 4.74 Å². The standard InChI is InChI=1S/C18H21NO3/c1-13(18(20)19(2)22-4)15-10-16(12-17(11-15)21-3)14-8-6-5-7-9-14/h5-13H,1-4H3. The van der Waals surface area contributed by atoms with Gasteiger partial charge in [0, 0.05) is 7.05 Å². The monoisotopic (exact) mass is 299 g/mol. The van der Waals surface area contributed by atoms with Crippen LogP contribution in [0.2, 0.25) is 0 Å². The number of hydroxylamine groups is 2. The minimum atomic E-state index is -0.317. The molecule has 0 spiro atoms. The Labute approximate surface area is 131 Å². The fraction of sp³-hybridized carbons (Fsp3) is 0.278. The van der Waals surface area contributed by atoms with Crippen LogP contribution in [0.3, 0.4) is 0 Å². The summed E-state index contributed by atoms with van der Waals surface area (Å²) in [6, 6.07) is 15.9. The lowest BCUT2D eigenvalue weighted by Crippen LogP contribution is -2.29. The van der Waals surface area contributed by atoms with Crippen molar-refractivity contribution in [1.29, 1.82) is 0 Å². The van der Waals surface area contributed by atoms with Crippen LogP contribution in [0.15, 0.2) is 48.5 Å². The Kier molecular flexibility index (Phi) is 5.17. The van der Waals surface area contributed by atoms with E-state index in [4.69, 9.17) is 9.57 Å². The van der Waals surface area contributed by atoms with Gasteiger partial charge >= 0.3 is 0 Å². The first-order chi connectivity index (χ1) is 10.6. The number of hydrogen-bond acceptors (Lipinski definition) is 3. The van der Waals surface area contributed by atoms with E-state index in [1.54, 1.807) is 14.2 Å². The van der Waals surface area contributed by atoms with Gasteiger partial charge in [-0.15, -0.1) is 0 Å². The van der Waals surface area contributed by atoms with E-state index in [1.807, 2.05) is 55.5 Å². The van der Waals surface area contributed by atoms with E-state index in [2.05, 4.69) is 0 Å². The molecule has 0 radical (unpaired) electrons. The Morgan fingerprint density at radius 3 is 2.32 bits per heavy atom. The Morgan fingerprint density at radius 1 is 1.05 bits per heavy atom. The van der Waals surface area contributed by atoms with Crippen LogP contribution >= 0.6 is 0 Å². The van der Waals surface area contributed by atoms with Crippen molar-refractivity contribution in [2.45, 2.75) is 12.8 Å². The molecule has 0 saturated heterocycles. The Balaban J connectivity index is 2.42. The normalized spacial score (nSPS) is 11.8. The zero-order valence-corrected chi connectivity index (χ0v) is 13.4. The fourth-order valence-electron chi connectivity index (χ4n) is 2.29. The van der Waals surface area contributed by atoms with E-state index in [0.717, 1.165) is 22.4 Å². The van der Waals surface area contributed by atoms with Crippen LogP contribution in [-0.2, 0) is 9.63 Å². The summed E-state index contributed by atoms with van der Waals surface area (Å²) in [6.45, 7) is 1.86. The van der Waals surface area contributed by atoms with E-state index in [9.17, 15) is 4.79 Å². The zero-order valence-electron chi connectivity index (χ0n) is 13.4. The highest BCUT2D eigenvalue weighted by Crippen LogP contribution is 2.30. The number of rotatable bonds is 5. The second kappa shape index (κ2) is 7.09. The van der Waals surface area contributed by atoms with Crippen molar-refractivity contribution >= 4 is 5.91 Å². The summed E-state index contributed by atoms with van der Waals surface area (Å²) in [7, 11) is 4.71. The highest BCUT2D eigenvalue weighted by atomic mass is 16.7. The van der Waals surface area contributed by atoms with E-state index in [1.165, 1.54) is 12.2 Å². The maximum Gasteiger partial charge on any atom is 0.253 e. The van der Waals surface area contributed by atoms with Crippen molar-refractivity contribution in [3.8, 4) is 16.9 Å². The van der Waals surface area contributed by atoms with Gasteiger partial charge in [-0.05, 0) is 35.7 Å². The SMILES string of the molecule is COc1cc(-c2ccccc2)cc(C(C)C(=O)N(C)OC)c1. The number of carbonyl (C=O) groups excluding carboxylic acids is 1. The molecule has 0 heterocycles. The van der Waals surface area contributed by atoms with Crippen molar-refractivity contribution in [2.24, 2.45) is 0 Å². The molecule has 22 heavy (non-hydrogen) atoms. The molecule has 0 bridgehead atoms. The van der Waals surface area contributed by atoms with Crippen molar-refractivity contribution in [3.63, 3.8) is 0 Å². The molecule has 2 aromatic rings. The summed E-state index contributed by atoms with van der Waals surface area (Å²) in [5.41, 5.74) is 3.00. The molecular formula is C18H21NO3. The average molecular weight is 299 g/mol. The summed E-state index contributed by atoms with van der Waals surface area (Å²) in [4.78, 5) is 17.3. The molecular weight excluding hydrogens is 278 g/mol. The molecule has 4 nitrogen and oxygen atoms in total. The first-order valence-electron chi connectivity index (χ1n) is 7.13. The van der Waals surface area contributed by atoms with Crippen molar-refractivity contribution in [1.82, 2.24) is 5.06 Å². The number of hydrogen-bond donors (Lipinski definition) is 0. The summed E-state index contributed by atoms with van der Waals surface area (Å²) in [5, 5.41) is 1.24. The van der Waals surface area contributed by atoms with Gasteiger partial charge in [-0.1, -0.05) is 36.4 Å². The van der Waals surface area contributed by atoms with Crippen LogP contribution in [0, 0.1) is 0 Å². The summed E-state index contributed by atoms with van der Waals surface area (Å²) in [6.07, 6.45) is 0. The number of methoxy groups -OCH3 is 1. The third-order valence-electron chi connectivity index (χ3n) is 3.73. The van der Waals surface area contributed by atoms with Crippen LogP contribution in [0.1, 0.15) is 18.4 Å². The Morgan fingerprint density at radius 2 is 1.73 bits per heavy atom.